The van der Waals surface area contributed by atoms with E-state index in [1.54, 1.807) is 0 Å². The second kappa shape index (κ2) is 8.05. The summed E-state index contributed by atoms with van der Waals surface area (Å²) in [4.78, 5) is 4.64. The summed E-state index contributed by atoms with van der Waals surface area (Å²) in [6, 6.07) is 10.3. The Morgan fingerprint density at radius 3 is 2.96 bits per heavy atom. The molecule has 1 atom stereocenters. The van der Waals surface area contributed by atoms with Crippen molar-refractivity contribution < 1.29 is 9.26 Å². The van der Waals surface area contributed by atoms with E-state index in [4.69, 9.17) is 9.26 Å². The van der Waals surface area contributed by atoms with Gasteiger partial charge in [-0.25, -0.2) is 4.99 Å². The number of hydrogen-bond donors (Lipinski definition) is 2. The number of guanidine groups is 1. The average molecular weight is 342 g/mol. The molecule has 0 amide bonds. The highest BCUT2D eigenvalue weighted by Gasteiger charge is 2.21. The van der Waals surface area contributed by atoms with Crippen LogP contribution in [-0.4, -0.2) is 24.3 Å². The van der Waals surface area contributed by atoms with Crippen molar-refractivity contribution in [2.45, 2.75) is 45.7 Å². The molecule has 6 nitrogen and oxygen atoms in total. The van der Waals surface area contributed by atoms with Gasteiger partial charge in [-0.3, -0.25) is 0 Å². The van der Waals surface area contributed by atoms with Crippen molar-refractivity contribution in [1.82, 2.24) is 15.8 Å². The van der Waals surface area contributed by atoms with Gasteiger partial charge in [0.1, 0.15) is 12.3 Å². The summed E-state index contributed by atoms with van der Waals surface area (Å²) in [6.07, 6.45) is 0.904. The number of nitrogens with one attached hydrogen (secondary N) is 2. The van der Waals surface area contributed by atoms with Crippen LogP contribution in [0.4, 0.5) is 0 Å². The van der Waals surface area contributed by atoms with Crippen molar-refractivity contribution in [2.24, 2.45) is 4.99 Å². The van der Waals surface area contributed by atoms with Gasteiger partial charge in [-0.1, -0.05) is 37.2 Å². The third-order valence-electron chi connectivity index (χ3n) is 4.18. The van der Waals surface area contributed by atoms with Crippen LogP contribution in [0.5, 0.6) is 5.75 Å². The van der Waals surface area contributed by atoms with Gasteiger partial charge in [0.15, 0.2) is 11.7 Å². The Morgan fingerprint density at radius 1 is 1.36 bits per heavy atom. The Balaban J connectivity index is 1.70. The number of aliphatic imine (C=N–C) groups is 1. The van der Waals surface area contributed by atoms with Gasteiger partial charge in [0.05, 0.1) is 18.3 Å². The van der Waals surface area contributed by atoms with Crippen molar-refractivity contribution >= 4 is 5.96 Å². The van der Waals surface area contributed by atoms with Crippen molar-refractivity contribution in [3.8, 4) is 5.75 Å². The maximum atomic E-state index is 5.73. The van der Waals surface area contributed by atoms with Gasteiger partial charge in [-0.2, -0.15) is 0 Å². The minimum atomic E-state index is 0.184. The van der Waals surface area contributed by atoms with Crippen LogP contribution in [-0.2, 0) is 6.54 Å². The third kappa shape index (κ3) is 4.32. The number of benzene rings is 1. The summed E-state index contributed by atoms with van der Waals surface area (Å²) in [7, 11) is 0. The molecule has 0 saturated carbocycles. The van der Waals surface area contributed by atoms with Crippen LogP contribution < -0.4 is 15.4 Å². The molecule has 0 spiro atoms. The number of hydrogen-bond acceptors (Lipinski definition) is 4. The highest BCUT2D eigenvalue weighted by Crippen LogP contribution is 2.31. The van der Waals surface area contributed by atoms with Gasteiger partial charge in [-0.15, -0.1) is 0 Å². The molecule has 0 fully saturated rings. The average Bonchev–Trinajstić information content (AvgIpc) is 3.09. The first-order valence-electron chi connectivity index (χ1n) is 8.89. The van der Waals surface area contributed by atoms with E-state index >= 15 is 0 Å². The van der Waals surface area contributed by atoms with Crippen LogP contribution in [0.3, 0.4) is 0 Å². The molecule has 25 heavy (non-hydrogen) atoms. The first-order valence-corrected chi connectivity index (χ1v) is 8.89. The van der Waals surface area contributed by atoms with Crippen LogP contribution in [0.1, 0.15) is 56.2 Å². The summed E-state index contributed by atoms with van der Waals surface area (Å²) in [5.41, 5.74) is 2.13. The van der Waals surface area contributed by atoms with Crippen molar-refractivity contribution in [2.75, 3.05) is 13.2 Å². The monoisotopic (exact) mass is 342 g/mol. The maximum Gasteiger partial charge on any atom is 0.192 e. The molecule has 134 valence electrons. The molecule has 2 heterocycles. The lowest BCUT2D eigenvalue weighted by Crippen LogP contribution is -2.41. The fourth-order valence-corrected chi connectivity index (χ4v) is 2.81. The smallest absolute Gasteiger partial charge is 0.192 e. The van der Waals surface area contributed by atoms with E-state index in [0.717, 1.165) is 36.1 Å². The quantitative estimate of drug-likeness (QED) is 0.644. The molecule has 0 aliphatic carbocycles. The van der Waals surface area contributed by atoms with Crippen LogP contribution in [0.25, 0.3) is 0 Å². The van der Waals surface area contributed by atoms with E-state index in [1.165, 1.54) is 5.56 Å². The zero-order valence-electron chi connectivity index (χ0n) is 15.1. The number of nitrogens with zero attached hydrogens (tertiary/aromatic N) is 2. The van der Waals surface area contributed by atoms with E-state index in [1.807, 2.05) is 24.3 Å². The summed E-state index contributed by atoms with van der Waals surface area (Å²) >= 11 is 0. The Labute approximate surface area is 148 Å². The van der Waals surface area contributed by atoms with Gasteiger partial charge in [0, 0.05) is 24.6 Å². The summed E-state index contributed by atoms with van der Waals surface area (Å²) in [6.45, 7) is 8.21. The molecule has 0 radical (unpaired) electrons. The van der Waals surface area contributed by atoms with E-state index < -0.39 is 0 Å². The third-order valence-corrected chi connectivity index (χ3v) is 4.18. The highest BCUT2D eigenvalue weighted by molar-refractivity contribution is 5.80. The highest BCUT2D eigenvalue weighted by atomic mass is 16.5. The Morgan fingerprint density at radius 2 is 2.20 bits per heavy atom. The largest absolute Gasteiger partial charge is 0.493 e. The molecular formula is C19H26N4O2. The summed E-state index contributed by atoms with van der Waals surface area (Å²) in [5, 5.41) is 10.9. The lowest BCUT2D eigenvalue weighted by Gasteiger charge is -2.28. The molecule has 6 heteroatoms. The van der Waals surface area contributed by atoms with E-state index in [2.05, 4.69) is 47.6 Å². The molecule has 0 bridgehead atoms. The van der Waals surface area contributed by atoms with Gasteiger partial charge in [0.25, 0.3) is 0 Å². The number of aromatic nitrogens is 1. The molecule has 1 aliphatic rings. The SMILES string of the molecule is CCNC(=NCc1cc(C(C)C)no1)NC1CCOc2ccccc21. The normalized spacial score (nSPS) is 17.1. The summed E-state index contributed by atoms with van der Waals surface area (Å²) in [5.74, 6) is 2.84. The fraction of sp³-hybridized carbons (Fsp3) is 0.474. The van der Waals surface area contributed by atoms with Crippen molar-refractivity contribution in [3.63, 3.8) is 0 Å². The second-order valence-corrected chi connectivity index (χ2v) is 6.44. The van der Waals surface area contributed by atoms with Crippen LogP contribution in [0.2, 0.25) is 0 Å². The fourth-order valence-electron chi connectivity index (χ4n) is 2.81. The zero-order valence-corrected chi connectivity index (χ0v) is 15.1. The van der Waals surface area contributed by atoms with Gasteiger partial charge < -0.3 is 19.9 Å². The Hall–Kier alpha value is -2.50. The van der Waals surface area contributed by atoms with E-state index in [9.17, 15) is 0 Å². The lowest BCUT2D eigenvalue weighted by molar-refractivity contribution is 0.261. The summed E-state index contributed by atoms with van der Waals surface area (Å²) < 4.78 is 11.1. The predicted octanol–water partition coefficient (Wildman–Crippen LogP) is 3.38. The van der Waals surface area contributed by atoms with Crippen LogP contribution >= 0.6 is 0 Å². The van der Waals surface area contributed by atoms with Gasteiger partial charge in [0.2, 0.25) is 0 Å². The molecule has 1 aromatic carbocycles. The first kappa shape index (κ1) is 17.3. The molecule has 1 unspecified atom stereocenters. The zero-order chi connectivity index (χ0) is 17.6. The topological polar surface area (TPSA) is 71.7 Å². The van der Waals surface area contributed by atoms with E-state index in [0.29, 0.717) is 19.1 Å². The standard InChI is InChI=1S/C19H26N4O2/c1-4-20-19(21-12-14-11-17(13(2)3)23-25-14)22-16-9-10-24-18-8-6-5-7-15(16)18/h5-8,11,13,16H,4,9-10,12H2,1-3H3,(H2,20,21,22). The molecule has 1 aromatic heterocycles. The number of ether oxygens (including phenoxy) is 1. The lowest BCUT2D eigenvalue weighted by atomic mass is 10.0. The van der Waals surface area contributed by atoms with E-state index in [-0.39, 0.29) is 6.04 Å². The second-order valence-electron chi connectivity index (χ2n) is 6.44. The molecule has 3 rings (SSSR count). The molecule has 0 saturated heterocycles. The predicted molar refractivity (Wildman–Crippen MR) is 97.8 cm³/mol. The van der Waals surface area contributed by atoms with Gasteiger partial charge >= 0.3 is 0 Å². The Bertz CT molecular complexity index is 724. The number of fused-ring (bicyclic) bond motifs is 1. The minimum Gasteiger partial charge on any atom is -0.493 e. The molecule has 2 N–H and O–H groups in total. The molecular weight excluding hydrogens is 316 g/mol. The van der Waals surface area contributed by atoms with Crippen LogP contribution in [0, 0.1) is 0 Å². The molecule has 1 aliphatic heterocycles. The van der Waals surface area contributed by atoms with Crippen molar-refractivity contribution in [3.05, 3.63) is 47.3 Å². The first-order chi connectivity index (χ1) is 12.2. The van der Waals surface area contributed by atoms with Gasteiger partial charge in [-0.05, 0) is 18.9 Å². The Kier molecular flexibility index (Phi) is 5.58. The van der Waals surface area contributed by atoms with Crippen molar-refractivity contribution in [1.29, 1.82) is 0 Å². The molecule has 2 aromatic rings. The number of rotatable bonds is 5. The minimum absolute atomic E-state index is 0.184. The number of para-hydroxylation sites is 1. The van der Waals surface area contributed by atoms with Crippen LogP contribution in [0.15, 0.2) is 39.8 Å². The maximum absolute atomic E-state index is 5.73.